The fourth-order valence-corrected chi connectivity index (χ4v) is 4.77. The first-order valence-corrected chi connectivity index (χ1v) is 12.7. The van der Waals surface area contributed by atoms with Crippen molar-refractivity contribution >= 4 is 34.6 Å². The third kappa shape index (κ3) is 6.15. The van der Waals surface area contributed by atoms with Gasteiger partial charge in [0, 0.05) is 6.04 Å². The van der Waals surface area contributed by atoms with Crippen LogP contribution in [0.4, 0.5) is 10.1 Å². The zero-order valence-corrected chi connectivity index (χ0v) is 21.6. The van der Waals surface area contributed by atoms with Gasteiger partial charge < -0.3 is 9.47 Å². The highest BCUT2D eigenvalue weighted by Gasteiger charge is 2.35. The molecule has 0 saturated carbocycles. The maximum atomic E-state index is 13.2. The van der Waals surface area contributed by atoms with Crippen LogP contribution in [0.15, 0.2) is 76.6 Å². The monoisotopic (exact) mass is 504 g/mol. The van der Waals surface area contributed by atoms with E-state index in [0.29, 0.717) is 28.2 Å². The summed E-state index contributed by atoms with van der Waals surface area (Å²) in [6, 6.07) is 19.7. The Morgan fingerprint density at radius 2 is 1.72 bits per heavy atom. The number of carbonyl (C=O) groups is 1. The quantitative estimate of drug-likeness (QED) is 0.306. The van der Waals surface area contributed by atoms with Crippen LogP contribution in [0.25, 0.3) is 6.08 Å². The molecule has 0 atom stereocenters. The fraction of sp³-hybridized carbons (Fsp3) is 0.241. The van der Waals surface area contributed by atoms with Crippen LogP contribution in [-0.2, 0) is 11.4 Å². The summed E-state index contributed by atoms with van der Waals surface area (Å²) >= 11 is 1.37. The molecule has 0 aromatic heterocycles. The Balaban J connectivity index is 1.58. The van der Waals surface area contributed by atoms with E-state index in [-0.39, 0.29) is 24.4 Å². The van der Waals surface area contributed by atoms with Crippen molar-refractivity contribution in [2.24, 2.45) is 4.99 Å². The van der Waals surface area contributed by atoms with Crippen molar-refractivity contribution in [1.29, 1.82) is 0 Å². The number of hydrogen-bond donors (Lipinski definition) is 0. The molecular weight excluding hydrogens is 475 g/mol. The maximum absolute atomic E-state index is 13.2. The number of thioether (sulfide) groups is 1. The molecule has 1 saturated heterocycles. The van der Waals surface area contributed by atoms with E-state index in [0.717, 1.165) is 22.4 Å². The summed E-state index contributed by atoms with van der Waals surface area (Å²) in [5.41, 5.74) is 3.64. The molecule has 0 radical (unpaired) electrons. The lowest BCUT2D eigenvalue weighted by Gasteiger charge is -2.19. The molecule has 0 spiro atoms. The third-order valence-corrected chi connectivity index (χ3v) is 6.47. The highest BCUT2D eigenvalue weighted by Crippen LogP contribution is 2.37. The number of amidine groups is 1. The second kappa shape index (κ2) is 11.4. The largest absolute Gasteiger partial charge is 0.490 e. The van der Waals surface area contributed by atoms with Gasteiger partial charge in [0.2, 0.25) is 0 Å². The molecule has 0 aliphatic carbocycles. The van der Waals surface area contributed by atoms with Gasteiger partial charge >= 0.3 is 0 Å². The van der Waals surface area contributed by atoms with E-state index >= 15 is 0 Å². The number of aliphatic imine (C=N–C) groups is 1. The molecule has 1 amide bonds. The molecule has 1 aliphatic rings. The molecule has 186 valence electrons. The molecule has 0 unspecified atom stereocenters. The average Bonchev–Trinajstić information content (AvgIpc) is 3.15. The van der Waals surface area contributed by atoms with Gasteiger partial charge in [-0.1, -0.05) is 35.9 Å². The summed E-state index contributed by atoms with van der Waals surface area (Å²) in [5, 5.41) is 0.661. The van der Waals surface area contributed by atoms with Crippen molar-refractivity contribution in [2.45, 2.75) is 40.3 Å². The van der Waals surface area contributed by atoms with Crippen molar-refractivity contribution in [3.05, 3.63) is 94.1 Å². The Hall–Kier alpha value is -3.58. The summed E-state index contributed by atoms with van der Waals surface area (Å²) in [5.74, 6) is 0.807. The molecule has 5 nitrogen and oxygen atoms in total. The van der Waals surface area contributed by atoms with Gasteiger partial charge in [-0.05, 0) is 93.1 Å². The van der Waals surface area contributed by atoms with E-state index in [1.54, 1.807) is 17.0 Å². The second-order valence-electron chi connectivity index (χ2n) is 8.66. The number of hydrogen-bond acceptors (Lipinski definition) is 5. The summed E-state index contributed by atoms with van der Waals surface area (Å²) < 4.78 is 24.9. The van der Waals surface area contributed by atoms with Crippen LogP contribution in [-0.4, -0.2) is 28.6 Å². The fourth-order valence-electron chi connectivity index (χ4n) is 3.64. The number of amides is 1. The van der Waals surface area contributed by atoms with Crippen LogP contribution in [0.3, 0.4) is 0 Å². The summed E-state index contributed by atoms with van der Waals surface area (Å²) in [6.45, 7) is 8.65. The zero-order valence-electron chi connectivity index (χ0n) is 20.8. The van der Waals surface area contributed by atoms with Crippen molar-refractivity contribution in [3.8, 4) is 11.5 Å². The van der Waals surface area contributed by atoms with Crippen molar-refractivity contribution in [2.75, 3.05) is 6.61 Å². The van der Waals surface area contributed by atoms with Crippen molar-refractivity contribution in [1.82, 2.24) is 4.90 Å². The van der Waals surface area contributed by atoms with Gasteiger partial charge in [-0.25, -0.2) is 9.38 Å². The lowest BCUT2D eigenvalue weighted by molar-refractivity contribution is -0.123. The highest BCUT2D eigenvalue weighted by molar-refractivity contribution is 8.18. The Morgan fingerprint density at radius 3 is 2.39 bits per heavy atom. The molecule has 7 heteroatoms. The number of halogens is 1. The van der Waals surface area contributed by atoms with Gasteiger partial charge in [0.15, 0.2) is 16.7 Å². The van der Waals surface area contributed by atoms with E-state index in [1.165, 1.54) is 23.9 Å². The second-order valence-corrected chi connectivity index (χ2v) is 9.67. The third-order valence-electron chi connectivity index (χ3n) is 5.48. The molecule has 1 fully saturated rings. The Labute approximate surface area is 215 Å². The summed E-state index contributed by atoms with van der Waals surface area (Å²) in [4.78, 5) is 20.3. The topological polar surface area (TPSA) is 51.1 Å². The predicted octanol–water partition coefficient (Wildman–Crippen LogP) is 7.12. The van der Waals surface area contributed by atoms with Gasteiger partial charge in [0.05, 0.1) is 17.2 Å². The SMILES string of the molecule is CCOc1cc(/C=C2/SC(=Nc3ccc(C)cc3)N(C(C)C)C2=O)ccc1OCc1ccc(F)cc1. The van der Waals surface area contributed by atoms with Gasteiger partial charge in [0.25, 0.3) is 5.91 Å². The highest BCUT2D eigenvalue weighted by atomic mass is 32.2. The molecule has 3 aromatic carbocycles. The van der Waals surface area contributed by atoms with Crippen LogP contribution in [0, 0.1) is 12.7 Å². The Kier molecular flexibility index (Phi) is 8.10. The molecule has 0 bridgehead atoms. The lowest BCUT2D eigenvalue weighted by atomic mass is 10.1. The van der Waals surface area contributed by atoms with Crippen LogP contribution in [0.5, 0.6) is 11.5 Å². The van der Waals surface area contributed by atoms with E-state index in [2.05, 4.69) is 0 Å². The standard InChI is InChI=1S/C29H29FN2O3S/c1-5-34-26-16-22(10-15-25(26)35-18-21-8-11-23(30)12-9-21)17-27-28(33)32(19(2)3)29(36-27)31-24-13-6-20(4)7-14-24/h6-17,19H,5,18H2,1-4H3/b27-17+,31-29?. The number of benzene rings is 3. The number of ether oxygens (including phenoxy) is 2. The molecule has 1 heterocycles. The minimum atomic E-state index is -0.284. The summed E-state index contributed by atoms with van der Waals surface area (Å²) in [7, 11) is 0. The molecule has 1 aliphatic heterocycles. The Bertz CT molecular complexity index is 1280. The predicted molar refractivity (Wildman–Crippen MR) is 144 cm³/mol. The van der Waals surface area contributed by atoms with E-state index in [9.17, 15) is 9.18 Å². The number of rotatable bonds is 8. The lowest BCUT2D eigenvalue weighted by Crippen LogP contribution is -2.35. The maximum Gasteiger partial charge on any atom is 0.266 e. The first-order chi connectivity index (χ1) is 17.3. The number of aryl methyl sites for hydroxylation is 1. The molecule has 36 heavy (non-hydrogen) atoms. The first kappa shape index (κ1) is 25.5. The van der Waals surface area contributed by atoms with E-state index in [1.807, 2.05) is 76.2 Å². The zero-order chi connectivity index (χ0) is 25.7. The van der Waals surface area contributed by atoms with Crippen LogP contribution in [0.1, 0.15) is 37.5 Å². The van der Waals surface area contributed by atoms with Gasteiger partial charge in [-0.3, -0.25) is 9.69 Å². The van der Waals surface area contributed by atoms with Gasteiger partial charge in [-0.2, -0.15) is 0 Å². The van der Waals surface area contributed by atoms with E-state index in [4.69, 9.17) is 14.5 Å². The van der Waals surface area contributed by atoms with Crippen molar-refractivity contribution in [3.63, 3.8) is 0 Å². The normalized spacial score (nSPS) is 15.8. The Morgan fingerprint density at radius 1 is 1.00 bits per heavy atom. The molecule has 4 rings (SSSR count). The molecule has 0 N–H and O–H groups in total. The van der Waals surface area contributed by atoms with Crippen LogP contribution in [0.2, 0.25) is 0 Å². The van der Waals surface area contributed by atoms with Crippen molar-refractivity contribution < 1.29 is 18.7 Å². The number of carbonyl (C=O) groups excluding carboxylic acids is 1. The number of nitrogens with zero attached hydrogens (tertiary/aromatic N) is 2. The summed E-state index contributed by atoms with van der Waals surface area (Å²) in [6.07, 6.45) is 1.85. The van der Waals surface area contributed by atoms with E-state index < -0.39 is 0 Å². The van der Waals surface area contributed by atoms with Gasteiger partial charge in [-0.15, -0.1) is 0 Å². The van der Waals surface area contributed by atoms with Crippen LogP contribution < -0.4 is 9.47 Å². The molecular formula is C29H29FN2O3S. The first-order valence-electron chi connectivity index (χ1n) is 11.9. The molecule has 3 aromatic rings. The smallest absolute Gasteiger partial charge is 0.266 e. The van der Waals surface area contributed by atoms with Crippen LogP contribution >= 0.6 is 11.8 Å². The minimum absolute atomic E-state index is 0.0266. The minimum Gasteiger partial charge on any atom is -0.490 e. The average molecular weight is 505 g/mol. The van der Waals surface area contributed by atoms with Gasteiger partial charge in [0.1, 0.15) is 12.4 Å².